The summed E-state index contributed by atoms with van der Waals surface area (Å²) in [5.41, 5.74) is 2.36. The van der Waals surface area contributed by atoms with Crippen LogP contribution in [0.3, 0.4) is 0 Å². The minimum Gasteiger partial charge on any atom is -0.352 e. The van der Waals surface area contributed by atoms with Gasteiger partial charge in [0.25, 0.3) is 0 Å². The van der Waals surface area contributed by atoms with E-state index >= 15 is 0 Å². The largest absolute Gasteiger partial charge is 0.352 e. The van der Waals surface area contributed by atoms with Gasteiger partial charge >= 0.3 is 0 Å². The Kier molecular flexibility index (Phi) is 7.05. The van der Waals surface area contributed by atoms with E-state index in [9.17, 15) is 13.2 Å². The standard InChI is InChI=1S/C24H31N3O3S/c28-24(25-17-20-10-12-21(13-11-20)18-26-14-4-5-15-26)22-7-6-16-27(19-22)31(29,30)23-8-2-1-3-9-23/h1-3,8-13,22H,4-7,14-19H2,(H,25,28)/t22-/m0/s1. The average molecular weight is 442 g/mol. The van der Waals surface area contributed by atoms with Gasteiger partial charge in [0.05, 0.1) is 10.8 Å². The number of piperidine rings is 1. The normalized spacial score (nSPS) is 20.6. The number of likely N-dealkylation sites (tertiary alicyclic amines) is 1. The number of nitrogens with zero attached hydrogens (tertiary/aromatic N) is 2. The van der Waals surface area contributed by atoms with E-state index < -0.39 is 10.0 Å². The van der Waals surface area contributed by atoms with Crippen molar-refractivity contribution < 1.29 is 13.2 Å². The van der Waals surface area contributed by atoms with Crippen LogP contribution in [0.4, 0.5) is 0 Å². The number of amides is 1. The third-order valence-electron chi connectivity index (χ3n) is 6.23. The Morgan fingerprint density at radius 1 is 0.903 bits per heavy atom. The highest BCUT2D eigenvalue weighted by Crippen LogP contribution is 2.24. The molecular weight excluding hydrogens is 410 g/mol. The fourth-order valence-corrected chi connectivity index (χ4v) is 5.96. The fourth-order valence-electron chi connectivity index (χ4n) is 4.41. The maximum Gasteiger partial charge on any atom is 0.243 e. The highest BCUT2D eigenvalue weighted by Gasteiger charge is 2.33. The van der Waals surface area contributed by atoms with Gasteiger partial charge in [-0.05, 0) is 62.0 Å². The molecule has 0 saturated carbocycles. The van der Waals surface area contributed by atoms with E-state index in [4.69, 9.17) is 0 Å². The van der Waals surface area contributed by atoms with E-state index in [-0.39, 0.29) is 23.3 Å². The van der Waals surface area contributed by atoms with Crippen LogP contribution in [0, 0.1) is 5.92 Å². The third-order valence-corrected chi connectivity index (χ3v) is 8.11. The summed E-state index contributed by atoms with van der Waals surface area (Å²) >= 11 is 0. The number of hydrogen-bond donors (Lipinski definition) is 1. The Balaban J connectivity index is 1.30. The van der Waals surface area contributed by atoms with E-state index in [1.807, 2.05) is 0 Å². The Morgan fingerprint density at radius 3 is 2.29 bits per heavy atom. The maximum atomic E-state index is 12.9. The molecular formula is C24H31N3O3S. The first-order chi connectivity index (χ1) is 15.0. The van der Waals surface area contributed by atoms with Crippen molar-refractivity contribution in [2.45, 2.75) is 43.7 Å². The van der Waals surface area contributed by atoms with Gasteiger partial charge in [-0.2, -0.15) is 4.31 Å². The maximum absolute atomic E-state index is 12.9. The van der Waals surface area contributed by atoms with Crippen molar-refractivity contribution in [1.82, 2.24) is 14.5 Å². The van der Waals surface area contributed by atoms with Crippen molar-refractivity contribution in [2.75, 3.05) is 26.2 Å². The molecule has 0 radical (unpaired) electrons. The number of nitrogens with one attached hydrogen (secondary N) is 1. The van der Waals surface area contributed by atoms with E-state index in [0.29, 0.717) is 25.9 Å². The first-order valence-corrected chi connectivity index (χ1v) is 12.6. The molecule has 0 spiro atoms. The molecule has 7 heteroatoms. The SMILES string of the molecule is O=C(NCc1ccc(CN2CCCC2)cc1)[C@H]1CCCN(S(=O)(=O)c2ccccc2)C1. The molecule has 0 aromatic heterocycles. The van der Waals surface area contributed by atoms with Crippen LogP contribution in [0.25, 0.3) is 0 Å². The van der Waals surface area contributed by atoms with E-state index in [0.717, 1.165) is 12.1 Å². The average Bonchev–Trinajstić information content (AvgIpc) is 3.32. The zero-order chi connectivity index (χ0) is 21.7. The summed E-state index contributed by atoms with van der Waals surface area (Å²) < 4.78 is 27.2. The molecule has 2 fully saturated rings. The second-order valence-corrected chi connectivity index (χ2v) is 10.5. The van der Waals surface area contributed by atoms with Gasteiger partial charge in [-0.25, -0.2) is 8.42 Å². The van der Waals surface area contributed by atoms with Gasteiger partial charge in [-0.1, -0.05) is 42.5 Å². The molecule has 166 valence electrons. The number of hydrogen-bond acceptors (Lipinski definition) is 4. The molecule has 2 heterocycles. The lowest BCUT2D eigenvalue weighted by atomic mass is 9.98. The molecule has 2 aliphatic heterocycles. The second kappa shape index (κ2) is 9.94. The van der Waals surface area contributed by atoms with E-state index in [2.05, 4.69) is 34.5 Å². The summed E-state index contributed by atoms with van der Waals surface area (Å²) in [7, 11) is -3.56. The molecule has 2 aromatic carbocycles. The Labute approximate surface area is 185 Å². The first kappa shape index (κ1) is 22.0. The predicted molar refractivity (Wildman–Crippen MR) is 121 cm³/mol. The number of sulfonamides is 1. The van der Waals surface area contributed by atoms with Crippen LogP contribution < -0.4 is 5.32 Å². The smallest absolute Gasteiger partial charge is 0.243 e. The van der Waals surface area contributed by atoms with Crippen molar-refractivity contribution in [3.05, 3.63) is 65.7 Å². The van der Waals surface area contributed by atoms with Gasteiger partial charge < -0.3 is 5.32 Å². The molecule has 0 aliphatic carbocycles. The van der Waals surface area contributed by atoms with Crippen LogP contribution in [0.2, 0.25) is 0 Å². The zero-order valence-electron chi connectivity index (χ0n) is 17.9. The van der Waals surface area contributed by atoms with Gasteiger partial charge in [0.15, 0.2) is 0 Å². The van der Waals surface area contributed by atoms with Crippen LogP contribution in [-0.4, -0.2) is 49.7 Å². The Bertz CT molecular complexity index is 971. The van der Waals surface area contributed by atoms with Crippen molar-refractivity contribution >= 4 is 15.9 Å². The van der Waals surface area contributed by atoms with Gasteiger partial charge in [-0.15, -0.1) is 0 Å². The monoisotopic (exact) mass is 441 g/mol. The van der Waals surface area contributed by atoms with Crippen LogP contribution in [0.1, 0.15) is 36.8 Å². The first-order valence-electron chi connectivity index (χ1n) is 11.2. The Hall–Kier alpha value is -2.22. The van der Waals surface area contributed by atoms with Gasteiger partial charge in [0.1, 0.15) is 0 Å². The number of carbonyl (C=O) groups is 1. The summed E-state index contributed by atoms with van der Waals surface area (Å²) in [6.07, 6.45) is 3.97. The van der Waals surface area contributed by atoms with Crippen LogP contribution in [0.5, 0.6) is 0 Å². The highest BCUT2D eigenvalue weighted by molar-refractivity contribution is 7.89. The Morgan fingerprint density at radius 2 is 1.58 bits per heavy atom. The number of benzene rings is 2. The quantitative estimate of drug-likeness (QED) is 0.717. The predicted octanol–water partition coefficient (Wildman–Crippen LogP) is 3.00. The van der Waals surface area contributed by atoms with Crippen LogP contribution >= 0.6 is 0 Å². The third kappa shape index (κ3) is 5.53. The van der Waals surface area contributed by atoms with E-state index in [1.54, 1.807) is 30.3 Å². The molecule has 2 saturated heterocycles. The minimum absolute atomic E-state index is 0.0749. The molecule has 1 N–H and O–H groups in total. The highest BCUT2D eigenvalue weighted by atomic mass is 32.2. The van der Waals surface area contributed by atoms with Crippen LogP contribution in [-0.2, 0) is 27.9 Å². The van der Waals surface area contributed by atoms with Gasteiger partial charge in [-0.3, -0.25) is 9.69 Å². The number of rotatable bonds is 7. The summed E-state index contributed by atoms with van der Waals surface area (Å²) in [6.45, 7) is 4.49. The van der Waals surface area contributed by atoms with Crippen molar-refractivity contribution in [2.24, 2.45) is 5.92 Å². The summed E-state index contributed by atoms with van der Waals surface area (Å²) in [5.74, 6) is -0.393. The van der Waals surface area contributed by atoms with E-state index in [1.165, 1.54) is 35.8 Å². The summed E-state index contributed by atoms with van der Waals surface area (Å²) in [4.78, 5) is 15.5. The topological polar surface area (TPSA) is 69.7 Å². The number of carbonyl (C=O) groups excluding carboxylic acids is 1. The van der Waals surface area contributed by atoms with Gasteiger partial charge in [0, 0.05) is 26.2 Å². The lowest BCUT2D eigenvalue weighted by Gasteiger charge is -2.31. The lowest BCUT2D eigenvalue weighted by Crippen LogP contribution is -2.45. The molecule has 2 aromatic rings. The zero-order valence-corrected chi connectivity index (χ0v) is 18.7. The van der Waals surface area contributed by atoms with Gasteiger partial charge in [0.2, 0.25) is 15.9 Å². The molecule has 4 rings (SSSR count). The lowest BCUT2D eigenvalue weighted by molar-refractivity contribution is -0.126. The molecule has 0 bridgehead atoms. The minimum atomic E-state index is -3.56. The molecule has 1 amide bonds. The van der Waals surface area contributed by atoms with Crippen LogP contribution in [0.15, 0.2) is 59.5 Å². The molecule has 31 heavy (non-hydrogen) atoms. The molecule has 2 aliphatic rings. The second-order valence-electron chi connectivity index (χ2n) is 8.53. The molecule has 0 unspecified atom stereocenters. The van der Waals surface area contributed by atoms with Crippen molar-refractivity contribution in [1.29, 1.82) is 0 Å². The van der Waals surface area contributed by atoms with Crippen molar-refractivity contribution in [3.8, 4) is 0 Å². The fraction of sp³-hybridized carbons (Fsp3) is 0.458. The molecule has 6 nitrogen and oxygen atoms in total. The van der Waals surface area contributed by atoms with Crippen molar-refractivity contribution in [3.63, 3.8) is 0 Å². The molecule has 1 atom stereocenters. The summed E-state index contributed by atoms with van der Waals surface area (Å²) in [5, 5.41) is 3.00. The summed E-state index contributed by atoms with van der Waals surface area (Å²) in [6, 6.07) is 16.8.